The maximum absolute atomic E-state index is 15.1. The summed E-state index contributed by atoms with van der Waals surface area (Å²) in [6.07, 6.45) is 6.84. The summed E-state index contributed by atoms with van der Waals surface area (Å²) >= 11 is 0. The van der Waals surface area contributed by atoms with E-state index in [0.29, 0.717) is 23.7 Å². The maximum atomic E-state index is 15.1. The van der Waals surface area contributed by atoms with Gasteiger partial charge in [-0.25, -0.2) is 13.2 Å². The first-order valence-corrected chi connectivity index (χ1v) is 10.3. The summed E-state index contributed by atoms with van der Waals surface area (Å²) in [5, 5.41) is 0. The average molecular weight is 342 g/mol. The van der Waals surface area contributed by atoms with Gasteiger partial charge in [-0.1, -0.05) is 20.3 Å². The van der Waals surface area contributed by atoms with Crippen LogP contribution in [0.3, 0.4) is 0 Å². The molecule has 4 fully saturated rings. The summed E-state index contributed by atoms with van der Waals surface area (Å²) in [5.41, 5.74) is -0.0510. The highest BCUT2D eigenvalue weighted by atomic mass is 19.3. The molecule has 0 aromatic carbocycles. The van der Waals surface area contributed by atoms with E-state index in [0.717, 1.165) is 38.5 Å². The average Bonchev–Trinajstić information content (AvgIpc) is 2.85. The second-order valence-corrected chi connectivity index (χ2v) is 9.86. The topological polar surface area (TPSA) is 0 Å². The van der Waals surface area contributed by atoms with Crippen LogP contribution in [0.5, 0.6) is 0 Å². The zero-order chi connectivity index (χ0) is 17.1. The number of alkyl halides is 3. The summed E-state index contributed by atoms with van der Waals surface area (Å²) in [6, 6.07) is 0. The van der Waals surface area contributed by atoms with E-state index in [4.69, 9.17) is 0 Å². The molecule has 0 amide bonds. The van der Waals surface area contributed by atoms with Crippen LogP contribution < -0.4 is 0 Å². The molecule has 0 aromatic heterocycles. The molecule has 24 heavy (non-hydrogen) atoms. The van der Waals surface area contributed by atoms with Crippen molar-refractivity contribution in [1.82, 2.24) is 0 Å². The zero-order valence-corrected chi connectivity index (χ0v) is 15.2. The fourth-order valence-corrected chi connectivity index (χ4v) is 7.98. The van der Waals surface area contributed by atoms with Crippen LogP contribution in [0.25, 0.3) is 0 Å². The molecule has 0 aromatic rings. The zero-order valence-electron chi connectivity index (χ0n) is 15.2. The third-order valence-corrected chi connectivity index (χ3v) is 9.31. The van der Waals surface area contributed by atoms with Gasteiger partial charge in [-0.05, 0) is 86.4 Å². The first-order chi connectivity index (χ1) is 11.4. The molecule has 4 aliphatic carbocycles. The fourth-order valence-electron chi connectivity index (χ4n) is 7.98. The third kappa shape index (κ3) is 2.31. The lowest BCUT2D eigenvalue weighted by Crippen LogP contribution is -2.56. The highest BCUT2D eigenvalue weighted by Crippen LogP contribution is 2.68. The maximum Gasteiger partial charge on any atom is 0.238 e. The molecule has 0 radical (unpaired) electrons. The van der Waals surface area contributed by atoms with Gasteiger partial charge in [0.05, 0.1) is 0 Å². The van der Waals surface area contributed by atoms with Crippen molar-refractivity contribution in [3.63, 3.8) is 0 Å². The molecule has 0 bridgehead atoms. The van der Waals surface area contributed by atoms with Gasteiger partial charge in [0.2, 0.25) is 6.43 Å². The molecule has 4 saturated carbocycles. The van der Waals surface area contributed by atoms with Crippen molar-refractivity contribution < 1.29 is 13.2 Å². The predicted molar refractivity (Wildman–Crippen MR) is 90.7 cm³/mol. The van der Waals surface area contributed by atoms with Gasteiger partial charge in [0.15, 0.2) is 0 Å². The van der Waals surface area contributed by atoms with Crippen LogP contribution in [0.15, 0.2) is 0 Å². The lowest BCUT2D eigenvalue weighted by Gasteiger charge is -2.61. The summed E-state index contributed by atoms with van der Waals surface area (Å²) in [7, 11) is 0. The molecular formula is C21H33F3. The van der Waals surface area contributed by atoms with Crippen LogP contribution in [0.2, 0.25) is 0 Å². The number of fused-ring (bicyclic) bond motifs is 5. The van der Waals surface area contributed by atoms with Crippen molar-refractivity contribution in [3.8, 4) is 0 Å². The van der Waals surface area contributed by atoms with Crippen LogP contribution in [0.4, 0.5) is 13.2 Å². The summed E-state index contributed by atoms with van der Waals surface area (Å²) < 4.78 is 41.1. The van der Waals surface area contributed by atoms with E-state index in [9.17, 15) is 8.78 Å². The van der Waals surface area contributed by atoms with Crippen LogP contribution in [-0.2, 0) is 0 Å². The molecule has 0 spiro atoms. The Morgan fingerprint density at radius 2 is 1.71 bits per heavy atom. The van der Waals surface area contributed by atoms with Gasteiger partial charge in [0.25, 0.3) is 0 Å². The minimum absolute atomic E-state index is 0.0794. The Labute approximate surface area is 145 Å². The number of hydrogen-bond acceptors (Lipinski definition) is 0. The van der Waals surface area contributed by atoms with E-state index < -0.39 is 12.6 Å². The lowest BCUT2D eigenvalue weighted by molar-refractivity contribution is -0.144. The Morgan fingerprint density at radius 3 is 2.46 bits per heavy atom. The Balaban J connectivity index is 1.60. The predicted octanol–water partition coefficient (Wildman–Crippen LogP) is 6.64. The van der Waals surface area contributed by atoms with E-state index >= 15 is 4.39 Å². The number of rotatable bonds is 2. The van der Waals surface area contributed by atoms with Crippen molar-refractivity contribution >= 4 is 0 Å². The first-order valence-electron chi connectivity index (χ1n) is 10.3. The summed E-state index contributed by atoms with van der Waals surface area (Å²) in [5.74, 6) is 2.39. The Bertz CT molecular complexity index is 478. The Morgan fingerprint density at radius 1 is 0.917 bits per heavy atom. The van der Waals surface area contributed by atoms with Crippen molar-refractivity contribution in [1.29, 1.82) is 0 Å². The van der Waals surface area contributed by atoms with Crippen LogP contribution in [0.1, 0.15) is 78.1 Å². The minimum atomic E-state index is -2.18. The quantitative estimate of drug-likeness (QED) is 0.528. The van der Waals surface area contributed by atoms with Crippen LogP contribution in [-0.4, -0.2) is 12.6 Å². The van der Waals surface area contributed by atoms with Gasteiger partial charge in [-0.15, -0.1) is 0 Å². The molecule has 3 heteroatoms. The SMILES string of the molecule is C[C@]12CC[C@H]3[C@@H](CC[C@@H]4CCCC(F)[C@@]43C)[C@@H]1CC[C@H]2CC(F)F. The first kappa shape index (κ1) is 17.2. The van der Waals surface area contributed by atoms with E-state index in [1.165, 1.54) is 19.3 Å². The van der Waals surface area contributed by atoms with Crippen LogP contribution in [0, 0.1) is 40.4 Å². The van der Waals surface area contributed by atoms with Gasteiger partial charge >= 0.3 is 0 Å². The largest absolute Gasteiger partial charge is 0.247 e. The molecule has 4 rings (SSSR count). The van der Waals surface area contributed by atoms with Crippen molar-refractivity contribution in [3.05, 3.63) is 0 Å². The van der Waals surface area contributed by atoms with E-state index in [-0.39, 0.29) is 23.2 Å². The molecule has 0 heterocycles. The summed E-state index contributed by atoms with van der Waals surface area (Å²) in [4.78, 5) is 0. The van der Waals surface area contributed by atoms with Gasteiger partial charge in [0, 0.05) is 11.8 Å². The highest BCUT2D eigenvalue weighted by Gasteiger charge is 2.61. The highest BCUT2D eigenvalue weighted by molar-refractivity contribution is 5.10. The minimum Gasteiger partial charge on any atom is -0.247 e. The van der Waals surface area contributed by atoms with Gasteiger partial charge in [0.1, 0.15) is 6.17 Å². The van der Waals surface area contributed by atoms with Crippen molar-refractivity contribution in [2.24, 2.45) is 40.4 Å². The lowest BCUT2D eigenvalue weighted by atomic mass is 9.44. The molecule has 8 atom stereocenters. The van der Waals surface area contributed by atoms with E-state index in [2.05, 4.69) is 13.8 Å². The fraction of sp³-hybridized carbons (Fsp3) is 1.00. The van der Waals surface area contributed by atoms with E-state index in [1.807, 2.05) is 0 Å². The molecule has 0 nitrogen and oxygen atoms in total. The van der Waals surface area contributed by atoms with Crippen molar-refractivity contribution in [2.45, 2.75) is 90.7 Å². The second-order valence-electron chi connectivity index (χ2n) is 9.86. The molecule has 1 unspecified atom stereocenters. The van der Waals surface area contributed by atoms with Gasteiger partial charge in [-0.3, -0.25) is 0 Å². The van der Waals surface area contributed by atoms with Gasteiger partial charge < -0.3 is 0 Å². The molecule has 0 N–H and O–H groups in total. The monoisotopic (exact) mass is 342 g/mol. The standard InChI is InChI=1S/C21H33F3/c1-20-11-10-17-15(16(20)9-7-14(20)12-19(23)24)8-6-13-4-3-5-18(22)21(13,17)2/h13-19H,3-12H2,1-2H3/t13-,14-,15-,16-,17-,18?,20+,21-/m0/s1. The Hall–Kier alpha value is -0.210. The van der Waals surface area contributed by atoms with Gasteiger partial charge in [-0.2, -0.15) is 0 Å². The second kappa shape index (κ2) is 5.91. The van der Waals surface area contributed by atoms with Crippen LogP contribution >= 0.6 is 0 Å². The normalized spacial score (nSPS) is 54.2. The Kier molecular flexibility index (Phi) is 4.24. The number of halogens is 3. The molecule has 0 saturated heterocycles. The smallest absolute Gasteiger partial charge is 0.238 e. The number of hydrogen-bond donors (Lipinski definition) is 0. The van der Waals surface area contributed by atoms with Crippen molar-refractivity contribution in [2.75, 3.05) is 0 Å². The van der Waals surface area contributed by atoms with E-state index in [1.54, 1.807) is 0 Å². The molecular weight excluding hydrogens is 309 g/mol. The molecule has 138 valence electrons. The molecule has 4 aliphatic rings. The summed E-state index contributed by atoms with van der Waals surface area (Å²) in [6.45, 7) is 4.53. The molecule has 0 aliphatic heterocycles. The third-order valence-electron chi connectivity index (χ3n) is 9.31.